The maximum atomic E-state index is 11.9. The van der Waals surface area contributed by atoms with Crippen LogP contribution in [0.1, 0.15) is 23.6 Å². The summed E-state index contributed by atoms with van der Waals surface area (Å²) in [4.78, 5) is 16.5. The lowest BCUT2D eigenvalue weighted by molar-refractivity contribution is 0.414. The smallest absolute Gasteiger partial charge is 0.250 e. The van der Waals surface area contributed by atoms with Gasteiger partial charge in [0, 0.05) is 25.4 Å². The highest BCUT2D eigenvalue weighted by Gasteiger charge is 2.01. The van der Waals surface area contributed by atoms with Crippen molar-refractivity contribution in [3.05, 3.63) is 100.0 Å². The number of hydrogen-bond donors (Lipinski definition) is 2. The molecule has 6 nitrogen and oxygen atoms in total. The van der Waals surface area contributed by atoms with Gasteiger partial charge >= 0.3 is 0 Å². The van der Waals surface area contributed by atoms with Crippen LogP contribution in [0.25, 0.3) is 0 Å². The van der Waals surface area contributed by atoms with E-state index in [4.69, 9.17) is 4.74 Å². The third-order valence-corrected chi connectivity index (χ3v) is 4.66. The predicted molar refractivity (Wildman–Crippen MR) is 136 cm³/mol. The van der Waals surface area contributed by atoms with E-state index in [0.717, 1.165) is 34.9 Å². The van der Waals surface area contributed by atoms with Gasteiger partial charge in [0.1, 0.15) is 5.75 Å². The average molecular weight is 532 g/mol. The molecule has 0 spiro atoms. The number of halogens is 1. The molecule has 0 bridgehead atoms. The van der Waals surface area contributed by atoms with Crippen molar-refractivity contribution in [1.29, 1.82) is 0 Å². The minimum absolute atomic E-state index is 0. The molecule has 0 aliphatic heterocycles. The van der Waals surface area contributed by atoms with E-state index in [1.54, 1.807) is 30.0 Å². The molecule has 1 heterocycles. The zero-order chi connectivity index (χ0) is 21.2. The molecule has 164 valence electrons. The maximum absolute atomic E-state index is 11.9. The van der Waals surface area contributed by atoms with Crippen LogP contribution in [0.2, 0.25) is 0 Å². The molecule has 0 unspecified atom stereocenters. The lowest BCUT2D eigenvalue weighted by atomic mass is 10.1. The SMILES string of the molecule is CCNC(=NCc1ccc(OC)cc1)NCc1ccc(Cn2ccccc2=O)cc1.I. The second kappa shape index (κ2) is 12.8. The van der Waals surface area contributed by atoms with E-state index < -0.39 is 0 Å². The highest BCUT2D eigenvalue weighted by Crippen LogP contribution is 2.12. The van der Waals surface area contributed by atoms with Crippen molar-refractivity contribution in [3.8, 4) is 5.75 Å². The second-order valence-electron chi connectivity index (χ2n) is 6.88. The Morgan fingerprint density at radius 2 is 1.61 bits per heavy atom. The fourth-order valence-corrected chi connectivity index (χ4v) is 2.98. The molecule has 0 saturated heterocycles. The summed E-state index contributed by atoms with van der Waals surface area (Å²) in [6.07, 6.45) is 1.81. The monoisotopic (exact) mass is 532 g/mol. The van der Waals surface area contributed by atoms with E-state index in [2.05, 4.69) is 39.9 Å². The molecular formula is C24H29IN4O2. The molecule has 0 aliphatic carbocycles. The Kier molecular flexibility index (Phi) is 10.1. The molecule has 0 fully saturated rings. The van der Waals surface area contributed by atoms with Crippen molar-refractivity contribution in [2.24, 2.45) is 4.99 Å². The molecule has 0 aliphatic rings. The largest absolute Gasteiger partial charge is 0.497 e. The van der Waals surface area contributed by atoms with Crippen molar-refractivity contribution in [2.45, 2.75) is 26.6 Å². The topological polar surface area (TPSA) is 67.7 Å². The van der Waals surface area contributed by atoms with Gasteiger partial charge in [-0.15, -0.1) is 24.0 Å². The summed E-state index contributed by atoms with van der Waals surface area (Å²) >= 11 is 0. The maximum Gasteiger partial charge on any atom is 0.250 e. The van der Waals surface area contributed by atoms with Gasteiger partial charge in [0.25, 0.3) is 5.56 Å². The van der Waals surface area contributed by atoms with Gasteiger partial charge in [-0.05, 0) is 41.8 Å². The molecule has 7 heteroatoms. The van der Waals surface area contributed by atoms with Gasteiger partial charge in [-0.2, -0.15) is 0 Å². The average Bonchev–Trinajstić information content (AvgIpc) is 2.78. The number of benzene rings is 2. The Morgan fingerprint density at radius 1 is 0.935 bits per heavy atom. The lowest BCUT2D eigenvalue weighted by Crippen LogP contribution is -2.36. The van der Waals surface area contributed by atoms with Crippen molar-refractivity contribution < 1.29 is 4.74 Å². The van der Waals surface area contributed by atoms with Crippen LogP contribution in [0.3, 0.4) is 0 Å². The number of ether oxygens (including phenoxy) is 1. The highest BCUT2D eigenvalue weighted by atomic mass is 127. The van der Waals surface area contributed by atoms with E-state index in [9.17, 15) is 4.79 Å². The first kappa shape index (κ1) is 24.5. The fraction of sp³-hybridized carbons (Fsp3) is 0.250. The normalized spacial score (nSPS) is 10.8. The number of guanidine groups is 1. The number of methoxy groups -OCH3 is 1. The Balaban J connectivity index is 0.00000341. The molecular weight excluding hydrogens is 503 g/mol. The molecule has 0 atom stereocenters. The number of pyridine rings is 1. The van der Waals surface area contributed by atoms with Crippen LogP contribution in [-0.2, 0) is 19.6 Å². The molecule has 0 amide bonds. The number of aromatic nitrogens is 1. The number of rotatable bonds is 8. The van der Waals surface area contributed by atoms with Gasteiger partial charge in [0.2, 0.25) is 0 Å². The molecule has 3 rings (SSSR count). The van der Waals surface area contributed by atoms with Crippen LogP contribution < -0.4 is 20.9 Å². The first-order valence-corrected chi connectivity index (χ1v) is 10.1. The van der Waals surface area contributed by atoms with Crippen LogP contribution in [-0.4, -0.2) is 24.2 Å². The molecule has 2 aromatic carbocycles. The summed E-state index contributed by atoms with van der Waals surface area (Å²) in [6.45, 7) is 4.66. The summed E-state index contributed by atoms with van der Waals surface area (Å²) < 4.78 is 6.89. The molecule has 1 aromatic heterocycles. The van der Waals surface area contributed by atoms with E-state index in [0.29, 0.717) is 19.6 Å². The molecule has 31 heavy (non-hydrogen) atoms. The van der Waals surface area contributed by atoms with Gasteiger partial charge in [0.05, 0.1) is 20.2 Å². The van der Waals surface area contributed by atoms with Crippen LogP contribution in [0.15, 0.2) is 82.7 Å². The minimum atomic E-state index is 0. The number of nitrogens with one attached hydrogen (secondary N) is 2. The quantitative estimate of drug-likeness (QED) is 0.263. The Bertz CT molecular complexity index is 1010. The van der Waals surface area contributed by atoms with E-state index in [1.807, 2.05) is 37.3 Å². The number of aliphatic imine (C=N–C) groups is 1. The first-order valence-electron chi connectivity index (χ1n) is 10.1. The van der Waals surface area contributed by atoms with Gasteiger partial charge in [-0.25, -0.2) is 4.99 Å². The van der Waals surface area contributed by atoms with E-state index >= 15 is 0 Å². The first-order chi connectivity index (χ1) is 14.7. The Morgan fingerprint density at radius 3 is 2.26 bits per heavy atom. The summed E-state index contributed by atoms with van der Waals surface area (Å²) in [6, 6.07) is 21.4. The van der Waals surface area contributed by atoms with Crippen molar-refractivity contribution in [1.82, 2.24) is 15.2 Å². The standard InChI is InChI=1S/C24H28N4O2.HI/c1-3-25-24(27-17-20-11-13-22(30-2)14-12-20)26-16-19-7-9-21(10-8-19)18-28-15-5-4-6-23(28)29;/h4-15H,3,16-18H2,1-2H3,(H2,25,26,27);1H. The lowest BCUT2D eigenvalue weighted by Gasteiger charge is -2.12. The van der Waals surface area contributed by atoms with Crippen molar-refractivity contribution in [2.75, 3.05) is 13.7 Å². The van der Waals surface area contributed by atoms with Crippen LogP contribution in [0.5, 0.6) is 5.75 Å². The summed E-state index contributed by atoms with van der Waals surface area (Å²) in [5.41, 5.74) is 3.36. The van der Waals surface area contributed by atoms with Gasteiger partial charge in [-0.3, -0.25) is 4.79 Å². The second-order valence-corrected chi connectivity index (χ2v) is 6.88. The van der Waals surface area contributed by atoms with Gasteiger partial charge < -0.3 is 19.9 Å². The van der Waals surface area contributed by atoms with Gasteiger partial charge in [0.15, 0.2) is 5.96 Å². The van der Waals surface area contributed by atoms with Crippen LogP contribution >= 0.6 is 24.0 Å². The van der Waals surface area contributed by atoms with E-state index in [1.165, 1.54) is 0 Å². The predicted octanol–water partition coefficient (Wildman–Crippen LogP) is 3.78. The van der Waals surface area contributed by atoms with Crippen molar-refractivity contribution in [3.63, 3.8) is 0 Å². The molecule has 2 N–H and O–H groups in total. The molecule has 0 saturated carbocycles. The molecule has 0 radical (unpaired) electrons. The van der Waals surface area contributed by atoms with E-state index in [-0.39, 0.29) is 29.5 Å². The molecule has 3 aromatic rings. The summed E-state index contributed by atoms with van der Waals surface area (Å²) in [5, 5.41) is 6.64. The zero-order valence-electron chi connectivity index (χ0n) is 17.9. The minimum Gasteiger partial charge on any atom is -0.497 e. The highest BCUT2D eigenvalue weighted by molar-refractivity contribution is 14.0. The summed E-state index contributed by atoms with van der Waals surface area (Å²) in [7, 11) is 1.66. The van der Waals surface area contributed by atoms with Crippen molar-refractivity contribution >= 4 is 29.9 Å². The fourth-order valence-electron chi connectivity index (χ4n) is 2.98. The third-order valence-electron chi connectivity index (χ3n) is 4.66. The van der Waals surface area contributed by atoms with Crippen LogP contribution in [0.4, 0.5) is 0 Å². The summed E-state index contributed by atoms with van der Waals surface area (Å²) in [5.74, 6) is 1.61. The van der Waals surface area contributed by atoms with Crippen LogP contribution in [0, 0.1) is 0 Å². The zero-order valence-corrected chi connectivity index (χ0v) is 20.2. The van der Waals surface area contributed by atoms with Gasteiger partial charge in [-0.1, -0.05) is 42.5 Å². The number of hydrogen-bond acceptors (Lipinski definition) is 3. The Hall–Kier alpha value is -2.81. The Labute approximate surface area is 200 Å². The third kappa shape index (κ3) is 7.75. The number of nitrogens with zero attached hydrogens (tertiary/aromatic N) is 2.